The van der Waals surface area contributed by atoms with Crippen molar-refractivity contribution in [1.29, 1.82) is 0 Å². The third kappa shape index (κ3) is 0.611. The van der Waals surface area contributed by atoms with Crippen molar-refractivity contribution >= 4 is 5.97 Å². The van der Waals surface area contributed by atoms with Gasteiger partial charge in [0.1, 0.15) is 5.41 Å². The Labute approximate surface area is 59.4 Å². The van der Waals surface area contributed by atoms with Gasteiger partial charge in [0.2, 0.25) is 0 Å². The predicted molar refractivity (Wildman–Crippen MR) is 34.5 cm³/mol. The first kappa shape index (κ1) is 6.16. The smallest absolute Gasteiger partial charge is 0.315 e. The maximum Gasteiger partial charge on any atom is 0.315 e. The van der Waals surface area contributed by atoms with Crippen LogP contribution >= 0.6 is 0 Å². The summed E-state index contributed by atoms with van der Waals surface area (Å²) >= 11 is 0. The molecule has 3 rings (SSSR count). The van der Waals surface area contributed by atoms with Gasteiger partial charge in [-0.3, -0.25) is 4.79 Å². The summed E-state index contributed by atoms with van der Waals surface area (Å²) in [6, 6.07) is 0. The second kappa shape index (κ2) is 1.72. The van der Waals surface area contributed by atoms with E-state index in [1.807, 2.05) is 0 Å². The molecule has 0 atom stereocenters. The molecule has 0 spiro atoms. The highest BCUT2D eigenvalue weighted by atomic mass is 16.4. The number of hydrogen-bond acceptors (Lipinski definition) is 1. The molecule has 3 heteroatoms. The number of piperidine rings is 2. The van der Waals surface area contributed by atoms with Crippen LogP contribution < -0.4 is 5.32 Å². The quantitative estimate of drug-likeness (QED) is 0.495. The summed E-state index contributed by atoms with van der Waals surface area (Å²) in [6.45, 7) is 1.95. The van der Waals surface area contributed by atoms with Crippen LogP contribution in [0.5, 0.6) is 0 Å². The monoisotopic (exact) mass is 142 g/mol. The SMILES string of the molecule is O=C(O)C12C[NH2+]CC(C1)C2. The first-order valence-electron chi connectivity index (χ1n) is 3.78. The maximum atomic E-state index is 10.7. The van der Waals surface area contributed by atoms with Crippen molar-refractivity contribution in [2.24, 2.45) is 11.3 Å². The van der Waals surface area contributed by atoms with Crippen LogP contribution in [-0.4, -0.2) is 24.2 Å². The van der Waals surface area contributed by atoms with Gasteiger partial charge in [0.25, 0.3) is 0 Å². The highest BCUT2D eigenvalue weighted by Crippen LogP contribution is 2.45. The van der Waals surface area contributed by atoms with Gasteiger partial charge in [-0.05, 0) is 12.8 Å². The molecule has 0 amide bonds. The molecule has 0 unspecified atom stereocenters. The Morgan fingerprint density at radius 3 is 2.60 bits per heavy atom. The molecule has 56 valence electrons. The molecular weight excluding hydrogens is 130 g/mol. The summed E-state index contributed by atoms with van der Waals surface area (Å²) in [4.78, 5) is 10.7. The van der Waals surface area contributed by atoms with Crippen molar-refractivity contribution in [1.82, 2.24) is 0 Å². The van der Waals surface area contributed by atoms with Crippen LogP contribution in [0, 0.1) is 11.3 Å². The second-order valence-electron chi connectivity index (χ2n) is 3.59. The summed E-state index contributed by atoms with van der Waals surface area (Å²) in [5, 5.41) is 10.9. The Morgan fingerprint density at radius 1 is 1.60 bits per heavy atom. The van der Waals surface area contributed by atoms with Gasteiger partial charge >= 0.3 is 5.97 Å². The van der Waals surface area contributed by atoms with E-state index in [0.29, 0.717) is 5.92 Å². The third-order valence-electron chi connectivity index (χ3n) is 2.85. The molecule has 2 aliphatic heterocycles. The molecule has 3 fully saturated rings. The van der Waals surface area contributed by atoms with Crippen molar-refractivity contribution in [2.45, 2.75) is 12.8 Å². The first-order chi connectivity index (χ1) is 4.73. The minimum absolute atomic E-state index is 0.317. The predicted octanol–water partition coefficient (Wildman–Crippen LogP) is -0.956. The molecule has 2 saturated heterocycles. The van der Waals surface area contributed by atoms with Crippen LogP contribution in [-0.2, 0) is 4.79 Å². The van der Waals surface area contributed by atoms with E-state index in [2.05, 4.69) is 5.32 Å². The molecule has 0 aromatic heterocycles. The molecule has 3 N–H and O–H groups in total. The summed E-state index contributed by atoms with van der Waals surface area (Å²) in [7, 11) is 0. The number of rotatable bonds is 1. The normalized spacial score (nSPS) is 44.2. The van der Waals surface area contributed by atoms with E-state index < -0.39 is 5.97 Å². The maximum absolute atomic E-state index is 10.7. The Balaban J connectivity index is 2.12. The van der Waals surface area contributed by atoms with Crippen molar-refractivity contribution < 1.29 is 15.2 Å². The molecule has 10 heavy (non-hydrogen) atoms. The highest BCUT2D eigenvalue weighted by Gasteiger charge is 2.55. The Bertz CT molecular complexity index is 167. The van der Waals surface area contributed by atoms with Gasteiger partial charge in [-0.15, -0.1) is 0 Å². The number of carboxylic acid groups (broad SMARTS) is 1. The molecule has 0 aromatic carbocycles. The fraction of sp³-hybridized carbons (Fsp3) is 0.857. The number of aliphatic carboxylic acids is 1. The summed E-state index contributed by atoms with van der Waals surface area (Å²) in [6.07, 6.45) is 1.86. The van der Waals surface area contributed by atoms with Gasteiger partial charge in [0, 0.05) is 5.92 Å². The van der Waals surface area contributed by atoms with Gasteiger partial charge < -0.3 is 10.4 Å². The largest absolute Gasteiger partial charge is 0.481 e. The lowest BCUT2D eigenvalue weighted by Gasteiger charge is -2.46. The summed E-state index contributed by atoms with van der Waals surface area (Å²) < 4.78 is 0. The van der Waals surface area contributed by atoms with Crippen LogP contribution in [0.2, 0.25) is 0 Å². The Hall–Kier alpha value is -0.570. The molecular formula is C7H12NO2+. The summed E-state index contributed by atoms with van der Waals surface area (Å²) in [5.74, 6) is 0.115. The fourth-order valence-corrected chi connectivity index (χ4v) is 2.24. The van der Waals surface area contributed by atoms with E-state index in [1.54, 1.807) is 0 Å². The fourth-order valence-electron chi connectivity index (χ4n) is 2.24. The van der Waals surface area contributed by atoms with Crippen LogP contribution in [0.4, 0.5) is 0 Å². The minimum atomic E-state index is -0.584. The molecule has 1 saturated carbocycles. The number of carbonyl (C=O) groups is 1. The van der Waals surface area contributed by atoms with Crippen LogP contribution in [0.1, 0.15) is 12.8 Å². The standard InChI is InChI=1S/C7H11NO2/c9-6(10)7-1-5(2-7)3-8-4-7/h5,8H,1-4H2,(H,9,10)/p+1. The van der Waals surface area contributed by atoms with E-state index in [-0.39, 0.29) is 5.41 Å². The Kier molecular flexibility index (Phi) is 1.06. The van der Waals surface area contributed by atoms with Gasteiger partial charge in [-0.2, -0.15) is 0 Å². The van der Waals surface area contributed by atoms with Gasteiger partial charge in [-0.1, -0.05) is 0 Å². The Morgan fingerprint density at radius 2 is 2.30 bits per heavy atom. The number of nitrogens with two attached hydrogens (primary N) is 1. The molecule has 2 bridgehead atoms. The summed E-state index contributed by atoms with van der Waals surface area (Å²) in [5.41, 5.74) is -0.317. The van der Waals surface area contributed by atoms with Crippen LogP contribution in [0.25, 0.3) is 0 Å². The van der Waals surface area contributed by atoms with E-state index in [9.17, 15) is 4.79 Å². The topological polar surface area (TPSA) is 53.9 Å². The highest BCUT2D eigenvalue weighted by molar-refractivity contribution is 5.76. The molecule has 2 heterocycles. The molecule has 3 nitrogen and oxygen atoms in total. The first-order valence-corrected chi connectivity index (χ1v) is 3.78. The average Bonchev–Trinajstić information content (AvgIpc) is 1.87. The third-order valence-corrected chi connectivity index (χ3v) is 2.85. The minimum Gasteiger partial charge on any atom is -0.481 e. The van der Waals surface area contributed by atoms with Crippen LogP contribution in [0.15, 0.2) is 0 Å². The lowest BCUT2D eigenvalue weighted by molar-refractivity contribution is -0.694. The number of carboxylic acids is 1. The zero-order chi connectivity index (χ0) is 7.19. The van der Waals surface area contributed by atoms with Crippen molar-refractivity contribution in [2.75, 3.05) is 13.1 Å². The van der Waals surface area contributed by atoms with Gasteiger partial charge in [0.05, 0.1) is 13.1 Å². The number of hydrogen-bond donors (Lipinski definition) is 2. The van der Waals surface area contributed by atoms with E-state index in [4.69, 9.17) is 5.11 Å². The van der Waals surface area contributed by atoms with E-state index >= 15 is 0 Å². The average molecular weight is 142 g/mol. The van der Waals surface area contributed by atoms with Gasteiger partial charge in [0.15, 0.2) is 0 Å². The molecule has 3 aliphatic rings. The lowest BCUT2D eigenvalue weighted by atomic mass is 9.59. The van der Waals surface area contributed by atoms with Gasteiger partial charge in [-0.25, -0.2) is 0 Å². The second-order valence-corrected chi connectivity index (χ2v) is 3.59. The van der Waals surface area contributed by atoms with E-state index in [0.717, 1.165) is 25.9 Å². The molecule has 0 aromatic rings. The van der Waals surface area contributed by atoms with Crippen molar-refractivity contribution in [3.05, 3.63) is 0 Å². The number of quaternary nitrogens is 1. The zero-order valence-electron chi connectivity index (χ0n) is 5.84. The lowest BCUT2D eigenvalue weighted by Crippen LogP contribution is -2.94. The van der Waals surface area contributed by atoms with Crippen molar-refractivity contribution in [3.8, 4) is 0 Å². The molecule has 0 radical (unpaired) electrons. The molecule has 1 aliphatic carbocycles. The van der Waals surface area contributed by atoms with E-state index in [1.165, 1.54) is 0 Å². The van der Waals surface area contributed by atoms with Crippen molar-refractivity contribution in [3.63, 3.8) is 0 Å². The van der Waals surface area contributed by atoms with Crippen LogP contribution in [0.3, 0.4) is 0 Å². The zero-order valence-corrected chi connectivity index (χ0v) is 5.84. The number of fused-ring (bicyclic) bond motifs is 2.